The number of nitrogens with one attached hydrogen (secondary N) is 1. The third-order valence-electron chi connectivity index (χ3n) is 4.75. The fourth-order valence-corrected chi connectivity index (χ4v) is 4.51. The summed E-state index contributed by atoms with van der Waals surface area (Å²) >= 11 is 0. The van der Waals surface area contributed by atoms with Crippen molar-refractivity contribution in [2.75, 3.05) is 19.8 Å². The van der Waals surface area contributed by atoms with Gasteiger partial charge in [0, 0.05) is 0 Å². The van der Waals surface area contributed by atoms with Crippen LogP contribution in [0.25, 0.3) is 0 Å². The molecule has 3 rings (SSSR count). The number of benzene rings is 2. The van der Waals surface area contributed by atoms with Crippen molar-refractivity contribution in [3.05, 3.63) is 78.3 Å². The highest BCUT2D eigenvalue weighted by atomic mass is 32.2. The molecule has 186 valence electrons. The lowest BCUT2D eigenvalue weighted by Gasteiger charge is -2.20. The number of amides is 1. The summed E-state index contributed by atoms with van der Waals surface area (Å²) in [4.78, 5) is 12.7. The maximum absolute atomic E-state index is 13.1. The van der Waals surface area contributed by atoms with E-state index in [1.54, 1.807) is 48.5 Å². The first-order chi connectivity index (χ1) is 16.9. The van der Waals surface area contributed by atoms with Gasteiger partial charge in [-0.05, 0) is 61.4 Å². The fraction of sp³-hybridized carbons (Fsp3) is 0.280. The van der Waals surface area contributed by atoms with Crippen molar-refractivity contribution in [1.29, 1.82) is 0 Å². The molecular weight excluding hydrogens is 470 g/mol. The van der Waals surface area contributed by atoms with E-state index in [-0.39, 0.29) is 11.4 Å². The Kier molecular flexibility index (Phi) is 9.45. The van der Waals surface area contributed by atoms with E-state index in [0.29, 0.717) is 36.0 Å². The first-order valence-corrected chi connectivity index (χ1v) is 12.7. The molecule has 0 radical (unpaired) electrons. The summed E-state index contributed by atoms with van der Waals surface area (Å²) in [6, 6.07) is 16.5. The smallest absolute Gasteiger partial charge is 0.255 e. The second-order valence-corrected chi connectivity index (χ2v) is 9.38. The van der Waals surface area contributed by atoms with E-state index in [0.717, 1.165) is 10.7 Å². The molecule has 0 saturated carbocycles. The molecule has 0 unspecified atom stereocenters. The zero-order valence-electron chi connectivity index (χ0n) is 19.7. The predicted molar refractivity (Wildman–Crippen MR) is 132 cm³/mol. The highest BCUT2D eigenvalue weighted by Crippen LogP contribution is 2.28. The topological polar surface area (TPSA) is 110 Å². The van der Waals surface area contributed by atoms with Gasteiger partial charge < -0.3 is 13.9 Å². The van der Waals surface area contributed by atoms with E-state index in [1.807, 2.05) is 13.8 Å². The molecule has 1 aromatic heterocycles. The SMILES string of the molecule is CCCOc1ccc(/C=N/NC(=O)CN(Cc2ccco2)S(=O)(=O)c2ccccc2)cc1OCC. The van der Waals surface area contributed by atoms with E-state index >= 15 is 0 Å². The number of hydrazone groups is 1. The number of nitrogens with zero attached hydrogens (tertiary/aromatic N) is 2. The molecule has 0 bridgehead atoms. The van der Waals surface area contributed by atoms with Crippen LogP contribution >= 0.6 is 0 Å². The second kappa shape index (κ2) is 12.7. The standard InChI is InChI=1S/C25H29N3O6S/c1-3-14-34-23-13-12-20(16-24(23)32-4-2)17-26-27-25(29)19-28(18-21-9-8-15-33-21)35(30,31)22-10-6-5-7-11-22/h5-13,15-17H,3-4,14,18-19H2,1-2H3,(H,27,29)/b26-17+. The van der Waals surface area contributed by atoms with E-state index < -0.39 is 22.5 Å². The Balaban J connectivity index is 1.70. The number of hydrogen-bond donors (Lipinski definition) is 1. The molecule has 0 fully saturated rings. The molecule has 0 atom stereocenters. The highest BCUT2D eigenvalue weighted by Gasteiger charge is 2.27. The number of carbonyl (C=O) groups excluding carboxylic acids is 1. The molecule has 0 saturated heterocycles. The highest BCUT2D eigenvalue weighted by molar-refractivity contribution is 7.89. The van der Waals surface area contributed by atoms with Crippen LogP contribution in [0.15, 0.2) is 81.3 Å². The van der Waals surface area contributed by atoms with Crippen molar-refractivity contribution in [3.8, 4) is 11.5 Å². The molecule has 1 amide bonds. The van der Waals surface area contributed by atoms with E-state index in [1.165, 1.54) is 24.6 Å². The summed E-state index contributed by atoms with van der Waals surface area (Å²) in [6.07, 6.45) is 3.77. The second-order valence-electron chi connectivity index (χ2n) is 7.45. The predicted octanol–water partition coefficient (Wildman–Crippen LogP) is 3.81. The van der Waals surface area contributed by atoms with Gasteiger partial charge in [-0.25, -0.2) is 13.8 Å². The number of ether oxygens (including phenoxy) is 2. The number of rotatable bonds is 13. The Morgan fingerprint density at radius 1 is 1.06 bits per heavy atom. The summed E-state index contributed by atoms with van der Waals surface area (Å²) in [5, 5.41) is 3.97. The van der Waals surface area contributed by atoms with Gasteiger partial charge in [0.25, 0.3) is 5.91 Å². The summed E-state index contributed by atoms with van der Waals surface area (Å²) in [6.45, 7) is 4.40. The Hall–Kier alpha value is -3.63. The molecule has 0 spiro atoms. The first kappa shape index (κ1) is 26.0. The van der Waals surface area contributed by atoms with Crippen LogP contribution in [-0.4, -0.2) is 44.6 Å². The monoisotopic (exact) mass is 499 g/mol. The van der Waals surface area contributed by atoms with Crippen molar-refractivity contribution in [2.24, 2.45) is 5.10 Å². The molecule has 0 aliphatic rings. The van der Waals surface area contributed by atoms with Crippen molar-refractivity contribution in [2.45, 2.75) is 31.7 Å². The average molecular weight is 500 g/mol. The zero-order chi connectivity index (χ0) is 25.1. The van der Waals surface area contributed by atoms with Gasteiger partial charge in [0.2, 0.25) is 10.0 Å². The average Bonchev–Trinajstić information content (AvgIpc) is 3.37. The lowest BCUT2D eigenvalue weighted by atomic mass is 10.2. The Labute approximate surface area is 205 Å². The molecule has 3 aromatic rings. The number of sulfonamides is 1. The number of carbonyl (C=O) groups is 1. The third-order valence-corrected chi connectivity index (χ3v) is 6.55. The summed E-state index contributed by atoms with van der Waals surface area (Å²) < 4.78 is 43.9. The van der Waals surface area contributed by atoms with Crippen LogP contribution in [0.5, 0.6) is 11.5 Å². The minimum atomic E-state index is -3.94. The molecular formula is C25H29N3O6S. The van der Waals surface area contributed by atoms with Crippen LogP contribution in [0.1, 0.15) is 31.6 Å². The normalized spacial score (nSPS) is 11.6. The van der Waals surface area contributed by atoms with Gasteiger partial charge >= 0.3 is 0 Å². The first-order valence-electron chi connectivity index (χ1n) is 11.2. The van der Waals surface area contributed by atoms with Crippen LogP contribution in [0.4, 0.5) is 0 Å². The van der Waals surface area contributed by atoms with Crippen molar-refractivity contribution >= 4 is 22.1 Å². The maximum Gasteiger partial charge on any atom is 0.255 e. The molecule has 1 N–H and O–H groups in total. The van der Waals surface area contributed by atoms with Gasteiger partial charge in [0.1, 0.15) is 5.76 Å². The van der Waals surface area contributed by atoms with E-state index in [9.17, 15) is 13.2 Å². The van der Waals surface area contributed by atoms with Crippen LogP contribution in [0, 0.1) is 0 Å². The molecule has 0 aliphatic carbocycles. The van der Waals surface area contributed by atoms with Crippen molar-refractivity contribution < 1.29 is 27.1 Å². The van der Waals surface area contributed by atoms with Gasteiger partial charge in [-0.1, -0.05) is 25.1 Å². The molecule has 0 aliphatic heterocycles. The molecule has 1 heterocycles. The minimum absolute atomic E-state index is 0.0803. The fourth-order valence-electron chi connectivity index (χ4n) is 3.12. The Morgan fingerprint density at radius 2 is 1.86 bits per heavy atom. The zero-order valence-corrected chi connectivity index (χ0v) is 20.5. The summed E-state index contributed by atoms with van der Waals surface area (Å²) in [5.41, 5.74) is 3.07. The lowest BCUT2D eigenvalue weighted by Crippen LogP contribution is -2.38. The van der Waals surface area contributed by atoms with Gasteiger partial charge in [0.05, 0.1) is 43.7 Å². The van der Waals surface area contributed by atoms with Crippen LogP contribution in [0.2, 0.25) is 0 Å². The largest absolute Gasteiger partial charge is 0.490 e. The number of furan rings is 1. The van der Waals surface area contributed by atoms with Gasteiger partial charge in [0.15, 0.2) is 11.5 Å². The van der Waals surface area contributed by atoms with Gasteiger partial charge in [-0.3, -0.25) is 4.79 Å². The molecule has 2 aromatic carbocycles. The molecule has 35 heavy (non-hydrogen) atoms. The molecule has 10 heteroatoms. The third kappa shape index (κ3) is 7.43. The van der Waals surface area contributed by atoms with Gasteiger partial charge in [-0.15, -0.1) is 0 Å². The van der Waals surface area contributed by atoms with Crippen LogP contribution in [0.3, 0.4) is 0 Å². The summed E-state index contributed by atoms with van der Waals surface area (Å²) in [7, 11) is -3.94. The van der Waals surface area contributed by atoms with E-state index in [4.69, 9.17) is 13.9 Å². The summed E-state index contributed by atoms with van der Waals surface area (Å²) in [5.74, 6) is 1.03. The van der Waals surface area contributed by atoms with Crippen LogP contribution < -0.4 is 14.9 Å². The number of hydrogen-bond acceptors (Lipinski definition) is 7. The molecule has 9 nitrogen and oxygen atoms in total. The van der Waals surface area contributed by atoms with Gasteiger partial charge in [-0.2, -0.15) is 9.41 Å². The van der Waals surface area contributed by atoms with E-state index in [2.05, 4.69) is 10.5 Å². The van der Waals surface area contributed by atoms with Crippen molar-refractivity contribution in [3.63, 3.8) is 0 Å². The minimum Gasteiger partial charge on any atom is -0.490 e. The van der Waals surface area contributed by atoms with Crippen molar-refractivity contribution in [1.82, 2.24) is 9.73 Å². The maximum atomic E-state index is 13.1. The Bertz CT molecular complexity index is 1210. The Morgan fingerprint density at radius 3 is 2.54 bits per heavy atom. The van der Waals surface area contributed by atoms with Crippen LogP contribution in [-0.2, 0) is 21.4 Å². The lowest BCUT2D eigenvalue weighted by molar-refractivity contribution is -0.121. The quantitative estimate of drug-likeness (QED) is 0.283.